The average molecular weight is 342 g/mol. The van der Waals surface area contributed by atoms with Crippen LogP contribution >= 0.6 is 0 Å². The lowest BCUT2D eigenvalue weighted by molar-refractivity contribution is -0.384. The Balaban J connectivity index is 1.75. The first-order valence-corrected chi connectivity index (χ1v) is 8.40. The van der Waals surface area contributed by atoms with Gasteiger partial charge in [0.1, 0.15) is 5.75 Å². The van der Waals surface area contributed by atoms with Gasteiger partial charge in [0.25, 0.3) is 5.69 Å². The van der Waals surface area contributed by atoms with Gasteiger partial charge in [-0.1, -0.05) is 18.2 Å². The standard InChI is InChI=1S/C19H22N2O4/c1-25-19-5-3-2-4-17(19)14-8-10-20(11-9-14)18-7-6-16(21(23)24)12-15(18)13-22/h2-7,12,14,22H,8-11,13H2,1H3. The van der Waals surface area contributed by atoms with E-state index in [1.807, 2.05) is 18.2 Å². The normalized spacial score (nSPS) is 15.2. The highest BCUT2D eigenvalue weighted by atomic mass is 16.6. The maximum absolute atomic E-state index is 10.9. The number of nitrogens with zero attached hydrogens (tertiary/aromatic N) is 2. The van der Waals surface area contributed by atoms with E-state index in [2.05, 4.69) is 11.0 Å². The van der Waals surface area contributed by atoms with Gasteiger partial charge < -0.3 is 14.7 Å². The van der Waals surface area contributed by atoms with E-state index < -0.39 is 4.92 Å². The molecule has 0 radical (unpaired) electrons. The molecule has 0 saturated carbocycles. The first kappa shape index (κ1) is 17.2. The monoisotopic (exact) mass is 342 g/mol. The summed E-state index contributed by atoms with van der Waals surface area (Å²) >= 11 is 0. The summed E-state index contributed by atoms with van der Waals surface area (Å²) in [6.45, 7) is 1.48. The zero-order chi connectivity index (χ0) is 17.8. The van der Waals surface area contributed by atoms with E-state index in [4.69, 9.17) is 4.74 Å². The minimum Gasteiger partial charge on any atom is -0.496 e. The van der Waals surface area contributed by atoms with Crippen LogP contribution in [0.15, 0.2) is 42.5 Å². The lowest BCUT2D eigenvalue weighted by Gasteiger charge is -2.35. The minimum absolute atomic E-state index is 0.0108. The van der Waals surface area contributed by atoms with E-state index in [-0.39, 0.29) is 12.3 Å². The van der Waals surface area contributed by atoms with Crippen molar-refractivity contribution in [1.29, 1.82) is 0 Å². The van der Waals surface area contributed by atoms with Crippen molar-refractivity contribution in [1.82, 2.24) is 0 Å². The Morgan fingerprint density at radius 1 is 1.24 bits per heavy atom. The van der Waals surface area contributed by atoms with Crippen LogP contribution in [-0.2, 0) is 6.61 Å². The molecule has 25 heavy (non-hydrogen) atoms. The summed E-state index contributed by atoms with van der Waals surface area (Å²) in [7, 11) is 1.69. The van der Waals surface area contributed by atoms with E-state index in [9.17, 15) is 15.2 Å². The van der Waals surface area contributed by atoms with Crippen LogP contribution in [0.3, 0.4) is 0 Å². The van der Waals surface area contributed by atoms with Crippen LogP contribution in [0, 0.1) is 10.1 Å². The largest absolute Gasteiger partial charge is 0.496 e. The number of non-ortho nitro benzene ring substituents is 1. The number of nitro groups is 1. The molecule has 1 heterocycles. The number of nitro benzene ring substituents is 1. The van der Waals surface area contributed by atoms with Crippen LogP contribution in [-0.4, -0.2) is 30.2 Å². The van der Waals surface area contributed by atoms with Gasteiger partial charge in [0.05, 0.1) is 18.6 Å². The summed E-state index contributed by atoms with van der Waals surface area (Å²) in [5.74, 6) is 1.36. The lowest BCUT2D eigenvalue weighted by Crippen LogP contribution is -2.33. The third-order valence-electron chi connectivity index (χ3n) is 4.86. The summed E-state index contributed by atoms with van der Waals surface area (Å²) in [5, 5.41) is 20.5. The fourth-order valence-electron chi connectivity index (χ4n) is 3.56. The highest BCUT2D eigenvalue weighted by Crippen LogP contribution is 2.36. The predicted octanol–water partition coefficient (Wildman–Crippen LogP) is 3.48. The molecule has 132 valence electrons. The van der Waals surface area contributed by atoms with Crippen molar-refractivity contribution in [3.63, 3.8) is 0 Å². The third kappa shape index (κ3) is 3.58. The molecule has 2 aromatic carbocycles. The quantitative estimate of drug-likeness (QED) is 0.665. The summed E-state index contributed by atoms with van der Waals surface area (Å²) in [6.07, 6.45) is 1.95. The van der Waals surface area contributed by atoms with Crippen LogP contribution in [0.1, 0.15) is 29.9 Å². The molecule has 3 rings (SSSR count). The van der Waals surface area contributed by atoms with Crippen molar-refractivity contribution in [2.75, 3.05) is 25.1 Å². The fourth-order valence-corrected chi connectivity index (χ4v) is 3.56. The zero-order valence-corrected chi connectivity index (χ0v) is 14.2. The highest BCUT2D eigenvalue weighted by molar-refractivity contribution is 5.58. The van der Waals surface area contributed by atoms with Gasteiger partial charge in [0.15, 0.2) is 0 Å². The van der Waals surface area contributed by atoms with Crippen LogP contribution in [0.2, 0.25) is 0 Å². The molecule has 1 saturated heterocycles. The third-order valence-corrected chi connectivity index (χ3v) is 4.86. The number of hydrogen-bond acceptors (Lipinski definition) is 5. The molecule has 1 aliphatic rings. The number of ether oxygens (including phenoxy) is 1. The molecule has 0 atom stereocenters. The van der Waals surface area contributed by atoms with Gasteiger partial charge in [0.2, 0.25) is 0 Å². The molecule has 0 aliphatic carbocycles. The van der Waals surface area contributed by atoms with Gasteiger partial charge in [-0.2, -0.15) is 0 Å². The number of para-hydroxylation sites is 1. The number of benzene rings is 2. The Morgan fingerprint density at radius 3 is 2.60 bits per heavy atom. The molecular weight excluding hydrogens is 320 g/mol. The Hall–Kier alpha value is -2.60. The molecule has 0 aromatic heterocycles. The molecular formula is C19H22N2O4. The zero-order valence-electron chi connectivity index (χ0n) is 14.2. The van der Waals surface area contributed by atoms with Crippen molar-refractivity contribution < 1.29 is 14.8 Å². The van der Waals surface area contributed by atoms with Crippen LogP contribution in [0.5, 0.6) is 5.75 Å². The molecule has 0 amide bonds. The second-order valence-corrected chi connectivity index (χ2v) is 6.23. The first-order valence-electron chi connectivity index (χ1n) is 8.40. The smallest absolute Gasteiger partial charge is 0.269 e. The number of aliphatic hydroxyl groups is 1. The molecule has 1 aliphatic heterocycles. The maximum Gasteiger partial charge on any atom is 0.269 e. The van der Waals surface area contributed by atoms with Crippen molar-refractivity contribution in [3.05, 3.63) is 63.7 Å². The molecule has 6 heteroatoms. The molecule has 6 nitrogen and oxygen atoms in total. The number of rotatable bonds is 5. The summed E-state index contributed by atoms with van der Waals surface area (Å²) in [6, 6.07) is 12.8. The van der Waals surface area contributed by atoms with E-state index in [1.54, 1.807) is 13.2 Å². The molecule has 1 N–H and O–H groups in total. The summed E-state index contributed by atoms with van der Waals surface area (Å²) < 4.78 is 5.47. The van der Waals surface area contributed by atoms with Crippen LogP contribution in [0.25, 0.3) is 0 Å². The number of hydrogen-bond donors (Lipinski definition) is 1. The first-order chi connectivity index (χ1) is 12.1. The van der Waals surface area contributed by atoms with Gasteiger partial charge in [-0.15, -0.1) is 0 Å². The van der Waals surface area contributed by atoms with Crippen molar-refractivity contribution in [3.8, 4) is 5.75 Å². The van der Waals surface area contributed by atoms with E-state index in [1.165, 1.54) is 17.7 Å². The van der Waals surface area contributed by atoms with E-state index in [0.717, 1.165) is 37.4 Å². The van der Waals surface area contributed by atoms with Crippen molar-refractivity contribution >= 4 is 11.4 Å². The Labute approximate surface area is 146 Å². The summed E-state index contributed by atoms with van der Waals surface area (Å²) in [4.78, 5) is 12.7. The van der Waals surface area contributed by atoms with Gasteiger partial charge in [-0.3, -0.25) is 10.1 Å². The van der Waals surface area contributed by atoms with E-state index >= 15 is 0 Å². The van der Waals surface area contributed by atoms with E-state index in [0.29, 0.717) is 11.5 Å². The van der Waals surface area contributed by atoms with Crippen LogP contribution < -0.4 is 9.64 Å². The molecule has 1 fully saturated rings. The van der Waals surface area contributed by atoms with Gasteiger partial charge in [0, 0.05) is 36.5 Å². The lowest BCUT2D eigenvalue weighted by atomic mass is 9.88. The molecule has 0 unspecified atom stereocenters. The highest BCUT2D eigenvalue weighted by Gasteiger charge is 2.24. The number of aliphatic hydroxyl groups excluding tert-OH is 1. The van der Waals surface area contributed by atoms with Crippen molar-refractivity contribution in [2.24, 2.45) is 0 Å². The Morgan fingerprint density at radius 2 is 1.96 bits per heavy atom. The van der Waals surface area contributed by atoms with Gasteiger partial charge in [-0.05, 0) is 36.5 Å². The minimum atomic E-state index is -0.434. The molecule has 0 spiro atoms. The fraction of sp³-hybridized carbons (Fsp3) is 0.368. The average Bonchev–Trinajstić information content (AvgIpc) is 2.67. The SMILES string of the molecule is COc1ccccc1C1CCN(c2ccc([N+](=O)[O-])cc2CO)CC1. The Bertz CT molecular complexity index is 755. The number of piperidine rings is 1. The number of methoxy groups -OCH3 is 1. The number of anilines is 1. The predicted molar refractivity (Wildman–Crippen MR) is 96.2 cm³/mol. The molecule has 2 aromatic rings. The van der Waals surface area contributed by atoms with Crippen LogP contribution in [0.4, 0.5) is 11.4 Å². The Kier molecular flexibility index (Phi) is 5.19. The molecule has 0 bridgehead atoms. The van der Waals surface area contributed by atoms with Gasteiger partial charge in [-0.25, -0.2) is 0 Å². The van der Waals surface area contributed by atoms with Crippen molar-refractivity contribution in [2.45, 2.75) is 25.4 Å². The maximum atomic E-state index is 10.9. The summed E-state index contributed by atoms with van der Waals surface area (Å²) in [5.41, 5.74) is 2.73. The second-order valence-electron chi connectivity index (χ2n) is 6.23. The van der Waals surface area contributed by atoms with Gasteiger partial charge >= 0.3 is 0 Å². The topological polar surface area (TPSA) is 75.8 Å². The second kappa shape index (κ2) is 7.53.